The molecule has 0 bridgehead atoms. The number of cyclic esters (lactones) is 1. The second-order valence-electron chi connectivity index (χ2n) is 2.43. The minimum atomic E-state index is -0.320. The number of ether oxygens (including phenoxy) is 2. The SMILES string of the molecule is CCC1CCOC(=O)C=CO1. The highest BCUT2D eigenvalue weighted by Crippen LogP contribution is 2.06. The summed E-state index contributed by atoms with van der Waals surface area (Å²) in [6.45, 7) is 2.50. The van der Waals surface area contributed by atoms with Crippen molar-refractivity contribution in [2.45, 2.75) is 25.9 Å². The van der Waals surface area contributed by atoms with Gasteiger partial charge in [-0.1, -0.05) is 6.92 Å². The summed E-state index contributed by atoms with van der Waals surface area (Å²) in [5.74, 6) is -0.320. The predicted molar refractivity (Wildman–Crippen MR) is 39.9 cm³/mol. The Morgan fingerprint density at radius 3 is 3.27 bits per heavy atom. The second kappa shape index (κ2) is 4.01. The van der Waals surface area contributed by atoms with Crippen LogP contribution < -0.4 is 0 Å². The van der Waals surface area contributed by atoms with E-state index in [4.69, 9.17) is 9.47 Å². The molecule has 0 saturated heterocycles. The van der Waals surface area contributed by atoms with E-state index in [9.17, 15) is 4.79 Å². The molecule has 0 aromatic rings. The van der Waals surface area contributed by atoms with Crippen LogP contribution in [0.2, 0.25) is 0 Å². The zero-order valence-electron chi connectivity index (χ0n) is 6.58. The topological polar surface area (TPSA) is 35.5 Å². The lowest BCUT2D eigenvalue weighted by Crippen LogP contribution is -2.16. The van der Waals surface area contributed by atoms with Crippen molar-refractivity contribution in [1.82, 2.24) is 0 Å². The Morgan fingerprint density at radius 1 is 1.73 bits per heavy atom. The van der Waals surface area contributed by atoms with Crippen molar-refractivity contribution in [2.24, 2.45) is 0 Å². The average molecular weight is 156 g/mol. The highest BCUT2D eigenvalue weighted by molar-refractivity contribution is 5.81. The minimum absolute atomic E-state index is 0.194. The number of carbonyl (C=O) groups is 1. The van der Waals surface area contributed by atoms with Crippen molar-refractivity contribution < 1.29 is 14.3 Å². The molecule has 0 amide bonds. The first-order chi connectivity index (χ1) is 5.33. The van der Waals surface area contributed by atoms with Gasteiger partial charge in [0, 0.05) is 6.42 Å². The summed E-state index contributed by atoms with van der Waals surface area (Å²) in [4.78, 5) is 10.6. The summed E-state index contributed by atoms with van der Waals surface area (Å²) >= 11 is 0. The van der Waals surface area contributed by atoms with E-state index < -0.39 is 0 Å². The van der Waals surface area contributed by atoms with Crippen LogP contribution in [0.3, 0.4) is 0 Å². The van der Waals surface area contributed by atoms with Crippen molar-refractivity contribution in [1.29, 1.82) is 0 Å². The van der Waals surface area contributed by atoms with Gasteiger partial charge in [0.25, 0.3) is 0 Å². The maximum absolute atomic E-state index is 10.6. The van der Waals surface area contributed by atoms with Crippen LogP contribution in [0.4, 0.5) is 0 Å². The molecule has 1 atom stereocenters. The minimum Gasteiger partial charge on any atom is -0.498 e. The zero-order valence-corrected chi connectivity index (χ0v) is 6.58. The first-order valence-corrected chi connectivity index (χ1v) is 3.81. The molecule has 3 nitrogen and oxygen atoms in total. The van der Waals surface area contributed by atoms with E-state index in [0.29, 0.717) is 6.61 Å². The van der Waals surface area contributed by atoms with Crippen LogP contribution >= 0.6 is 0 Å². The molecular weight excluding hydrogens is 144 g/mol. The third-order valence-corrected chi connectivity index (χ3v) is 1.61. The molecule has 0 radical (unpaired) electrons. The zero-order chi connectivity index (χ0) is 8.10. The summed E-state index contributed by atoms with van der Waals surface area (Å²) in [6.07, 6.45) is 4.64. The molecule has 0 N–H and O–H groups in total. The standard InChI is InChI=1S/C8H12O3/c1-2-7-3-5-11-8(9)4-6-10-7/h4,6-7H,2-3,5H2,1H3. The number of rotatable bonds is 1. The molecule has 1 heterocycles. The lowest BCUT2D eigenvalue weighted by atomic mass is 10.2. The van der Waals surface area contributed by atoms with Crippen LogP contribution in [0.25, 0.3) is 0 Å². The van der Waals surface area contributed by atoms with Crippen LogP contribution in [0.15, 0.2) is 12.3 Å². The second-order valence-corrected chi connectivity index (χ2v) is 2.43. The number of hydrogen-bond acceptors (Lipinski definition) is 3. The molecule has 1 aliphatic heterocycles. The van der Waals surface area contributed by atoms with Crippen LogP contribution in [-0.2, 0) is 14.3 Å². The fourth-order valence-electron chi connectivity index (χ4n) is 0.913. The van der Waals surface area contributed by atoms with Gasteiger partial charge in [-0.3, -0.25) is 0 Å². The van der Waals surface area contributed by atoms with Gasteiger partial charge in [-0.15, -0.1) is 0 Å². The fraction of sp³-hybridized carbons (Fsp3) is 0.625. The van der Waals surface area contributed by atoms with Gasteiger partial charge in [-0.25, -0.2) is 4.79 Å². The molecule has 1 rings (SSSR count). The molecule has 1 unspecified atom stereocenters. The van der Waals surface area contributed by atoms with Crippen molar-refractivity contribution >= 4 is 5.97 Å². The predicted octanol–water partition coefficient (Wildman–Crippen LogP) is 1.24. The largest absolute Gasteiger partial charge is 0.498 e. The quantitative estimate of drug-likeness (QED) is 0.536. The lowest BCUT2D eigenvalue weighted by Gasteiger charge is -2.15. The summed E-state index contributed by atoms with van der Waals surface area (Å²) < 4.78 is 10.0. The van der Waals surface area contributed by atoms with E-state index in [0.717, 1.165) is 12.8 Å². The van der Waals surface area contributed by atoms with Crippen LogP contribution in [-0.4, -0.2) is 18.7 Å². The van der Waals surface area contributed by atoms with Crippen molar-refractivity contribution in [2.75, 3.05) is 6.61 Å². The van der Waals surface area contributed by atoms with E-state index in [2.05, 4.69) is 0 Å². The molecule has 62 valence electrons. The lowest BCUT2D eigenvalue weighted by molar-refractivity contribution is -0.139. The van der Waals surface area contributed by atoms with E-state index >= 15 is 0 Å². The molecule has 1 aliphatic rings. The van der Waals surface area contributed by atoms with Crippen molar-refractivity contribution in [3.63, 3.8) is 0 Å². The van der Waals surface area contributed by atoms with Gasteiger partial charge in [-0.05, 0) is 6.42 Å². The van der Waals surface area contributed by atoms with E-state index in [1.165, 1.54) is 12.3 Å². The molecule has 0 aromatic heterocycles. The maximum atomic E-state index is 10.6. The molecule has 0 fully saturated rings. The molecule has 0 aromatic carbocycles. The van der Waals surface area contributed by atoms with Gasteiger partial charge in [0.2, 0.25) is 0 Å². The van der Waals surface area contributed by atoms with Crippen LogP contribution in [0.1, 0.15) is 19.8 Å². The number of carbonyl (C=O) groups excluding carboxylic acids is 1. The van der Waals surface area contributed by atoms with E-state index in [-0.39, 0.29) is 12.1 Å². The Hall–Kier alpha value is -0.990. The summed E-state index contributed by atoms with van der Waals surface area (Å²) in [5.41, 5.74) is 0. The molecular formula is C8H12O3. The van der Waals surface area contributed by atoms with E-state index in [1.807, 2.05) is 6.92 Å². The summed E-state index contributed by atoms with van der Waals surface area (Å²) in [6, 6.07) is 0. The highest BCUT2D eigenvalue weighted by atomic mass is 16.5. The Kier molecular flexibility index (Phi) is 2.95. The van der Waals surface area contributed by atoms with Gasteiger partial charge in [0.1, 0.15) is 6.10 Å². The Labute approximate surface area is 66.0 Å². The molecule has 0 saturated carbocycles. The molecule has 3 heteroatoms. The van der Waals surface area contributed by atoms with Gasteiger partial charge in [-0.2, -0.15) is 0 Å². The Morgan fingerprint density at radius 2 is 2.55 bits per heavy atom. The van der Waals surface area contributed by atoms with Gasteiger partial charge in [0.15, 0.2) is 0 Å². The Bertz CT molecular complexity index is 163. The van der Waals surface area contributed by atoms with Crippen molar-refractivity contribution in [3.8, 4) is 0 Å². The van der Waals surface area contributed by atoms with E-state index in [1.54, 1.807) is 0 Å². The third kappa shape index (κ3) is 2.62. The highest BCUT2D eigenvalue weighted by Gasteiger charge is 2.09. The molecule has 11 heavy (non-hydrogen) atoms. The molecule has 0 spiro atoms. The van der Waals surface area contributed by atoms with Crippen molar-refractivity contribution in [3.05, 3.63) is 12.3 Å². The number of esters is 1. The summed E-state index contributed by atoms with van der Waals surface area (Å²) in [5, 5.41) is 0. The third-order valence-electron chi connectivity index (χ3n) is 1.61. The fourth-order valence-corrected chi connectivity index (χ4v) is 0.913. The van der Waals surface area contributed by atoms with Gasteiger partial charge in [0.05, 0.1) is 18.9 Å². The van der Waals surface area contributed by atoms with Gasteiger partial charge >= 0.3 is 5.97 Å². The first-order valence-electron chi connectivity index (χ1n) is 3.81. The summed E-state index contributed by atoms with van der Waals surface area (Å²) in [7, 11) is 0. The molecule has 0 aliphatic carbocycles. The average Bonchev–Trinajstić information content (AvgIpc) is 1.96. The normalized spacial score (nSPS) is 24.8. The van der Waals surface area contributed by atoms with Crippen LogP contribution in [0, 0.1) is 0 Å². The number of hydrogen-bond donors (Lipinski definition) is 0. The maximum Gasteiger partial charge on any atom is 0.333 e. The monoisotopic (exact) mass is 156 g/mol. The van der Waals surface area contributed by atoms with Gasteiger partial charge < -0.3 is 9.47 Å². The smallest absolute Gasteiger partial charge is 0.333 e. The Balaban J connectivity index is 2.44. The van der Waals surface area contributed by atoms with Crippen LogP contribution in [0.5, 0.6) is 0 Å². The first kappa shape index (κ1) is 8.11.